The summed E-state index contributed by atoms with van der Waals surface area (Å²) < 4.78 is 0. The van der Waals surface area contributed by atoms with E-state index in [2.05, 4.69) is 47.9 Å². The van der Waals surface area contributed by atoms with E-state index in [1.165, 1.54) is 17.5 Å². The second kappa shape index (κ2) is 8.53. The first-order chi connectivity index (χ1) is 12.5. The predicted octanol–water partition coefficient (Wildman–Crippen LogP) is 2.84. The lowest BCUT2D eigenvalue weighted by molar-refractivity contribution is -0.133. The summed E-state index contributed by atoms with van der Waals surface area (Å²) >= 11 is 0. The van der Waals surface area contributed by atoms with Crippen LogP contribution in [0.4, 0.5) is 0 Å². The summed E-state index contributed by atoms with van der Waals surface area (Å²) in [6, 6.07) is 8.90. The Labute approximate surface area is 158 Å². The highest BCUT2D eigenvalue weighted by Gasteiger charge is 2.34. The van der Waals surface area contributed by atoms with Gasteiger partial charge in [-0.1, -0.05) is 36.8 Å². The molecule has 1 unspecified atom stereocenters. The van der Waals surface area contributed by atoms with Crippen LogP contribution >= 0.6 is 0 Å². The molecule has 0 spiro atoms. The number of benzene rings is 1. The molecule has 26 heavy (non-hydrogen) atoms. The van der Waals surface area contributed by atoms with Gasteiger partial charge in [-0.3, -0.25) is 9.69 Å². The maximum absolute atomic E-state index is 12.6. The Morgan fingerprint density at radius 3 is 2.50 bits per heavy atom. The van der Waals surface area contributed by atoms with Gasteiger partial charge in [0.15, 0.2) is 0 Å². The average molecular weight is 358 g/mol. The normalized spacial score (nSPS) is 25.0. The summed E-state index contributed by atoms with van der Waals surface area (Å²) in [6.07, 6.45) is 5.81. The minimum Gasteiger partial charge on any atom is -0.342 e. The highest BCUT2D eigenvalue weighted by atomic mass is 16.2. The van der Waals surface area contributed by atoms with Crippen molar-refractivity contribution >= 4 is 5.91 Å². The van der Waals surface area contributed by atoms with Gasteiger partial charge < -0.3 is 10.6 Å². The Balaban J connectivity index is 1.38. The Morgan fingerprint density at radius 2 is 1.88 bits per heavy atom. The topological polar surface area (TPSA) is 49.6 Å². The third-order valence-electron chi connectivity index (χ3n) is 6.42. The van der Waals surface area contributed by atoms with Crippen LogP contribution in [0.2, 0.25) is 0 Å². The minimum atomic E-state index is 0.198. The van der Waals surface area contributed by atoms with Gasteiger partial charge in [-0.25, -0.2) is 0 Å². The van der Waals surface area contributed by atoms with E-state index >= 15 is 0 Å². The predicted molar refractivity (Wildman–Crippen MR) is 107 cm³/mol. The summed E-state index contributed by atoms with van der Waals surface area (Å²) in [6.45, 7) is 9.48. The molecule has 0 aromatic heterocycles. The number of aryl methyl sites for hydroxylation is 2. The average Bonchev–Trinajstić information content (AvgIpc) is 3.03. The van der Waals surface area contributed by atoms with Crippen LogP contribution in [0.25, 0.3) is 0 Å². The molecule has 1 atom stereocenters. The van der Waals surface area contributed by atoms with Gasteiger partial charge in [-0.2, -0.15) is 0 Å². The first kappa shape index (κ1) is 19.4. The van der Waals surface area contributed by atoms with Crippen molar-refractivity contribution in [3.8, 4) is 0 Å². The van der Waals surface area contributed by atoms with Crippen molar-refractivity contribution in [2.45, 2.75) is 46.0 Å². The molecule has 2 saturated heterocycles. The summed E-state index contributed by atoms with van der Waals surface area (Å²) in [4.78, 5) is 17.0. The van der Waals surface area contributed by atoms with Crippen molar-refractivity contribution in [1.82, 2.24) is 9.80 Å². The van der Waals surface area contributed by atoms with Gasteiger partial charge >= 0.3 is 0 Å². The van der Waals surface area contributed by atoms with Gasteiger partial charge in [0.2, 0.25) is 5.91 Å². The lowest BCUT2D eigenvalue weighted by Crippen LogP contribution is -2.44. The largest absolute Gasteiger partial charge is 0.342 e. The molecule has 2 fully saturated rings. The molecule has 2 N–H and O–H groups in total. The quantitative estimate of drug-likeness (QED) is 0.852. The lowest BCUT2D eigenvalue weighted by Gasteiger charge is -2.33. The van der Waals surface area contributed by atoms with Crippen molar-refractivity contribution in [3.05, 3.63) is 35.4 Å². The van der Waals surface area contributed by atoms with Crippen molar-refractivity contribution < 1.29 is 4.79 Å². The third kappa shape index (κ3) is 5.08. The van der Waals surface area contributed by atoms with Gasteiger partial charge in [-0.15, -0.1) is 0 Å². The van der Waals surface area contributed by atoms with Gasteiger partial charge in [0.05, 0.1) is 6.54 Å². The summed E-state index contributed by atoms with van der Waals surface area (Å²) in [5, 5.41) is 0. The Kier molecular flexibility index (Phi) is 6.36. The summed E-state index contributed by atoms with van der Waals surface area (Å²) in [5.41, 5.74) is 8.83. The van der Waals surface area contributed by atoms with Crippen LogP contribution in [0.15, 0.2) is 24.3 Å². The highest BCUT2D eigenvalue weighted by molar-refractivity contribution is 5.78. The van der Waals surface area contributed by atoms with Crippen LogP contribution in [0.3, 0.4) is 0 Å². The van der Waals surface area contributed by atoms with Crippen molar-refractivity contribution in [1.29, 1.82) is 0 Å². The summed E-state index contributed by atoms with van der Waals surface area (Å²) in [5.74, 6) is 1.07. The number of rotatable bonds is 6. The zero-order chi connectivity index (χ0) is 18.6. The fraction of sp³-hybridized carbons (Fsp3) is 0.682. The second-order valence-electron chi connectivity index (χ2n) is 8.82. The van der Waals surface area contributed by atoms with E-state index in [-0.39, 0.29) is 5.41 Å². The van der Waals surface area contributed by atoms with E-state index in [4.69, 9.17) is 5.73 Å². The van der Waals surface area contributed by atoms with Crippen LogP contribution in [0, 0.1) is 18.3 Å². The van der Waals surface area contributed by atoms with Gasteiger partial charge in [0.25, 0.3) is 0 Å². The number of nitrogens with two attached hydrogens (primary N) is 1. The van der Waals surface area contributed by atoms with E-state index < -0.39 is 0 Å². The molecule has 0 radical (unpaired) electrons. The molecule has 4 nitrogen and oxygen atoms in total. The zero-order valence-corrected chi connectivity index (χ0v) is 16.5. The van der Waals surface area contributed by atoms with Gasteiger partial charge in [0.1, 0.15) is 0 Å². The van der Waals surface area contributed by atoms with Gasteiger partial charge in [-0.05, 0) is 69.0 Å². The fourth-order valence-corrected chi connectivity index (χ4v) is 4.32. The molecule has 4 heteroatoms. The van der Waals surface area contributed by atoms with Crippen LogP contribution in [-0.2, 0) is 11.2 Å². The van der Waals surface area contributed by atoms with Crippen LogP contribution < -0.4 is 5.73 Å². The molecular weight excluding hydrogens is 322 g/mol. The highest BCUT2D eigenvalue weighted by Crippen LogP contribution is 2.28. The number of likely N-dealkylation sites (tertiary alicyclic amines) is 2. The van der Waals surface area contributed by atoms with Crippen LogP contribution in [0.5, 0.6) is 0 Å². The van der Waals surface area contributed by atoms with Crippen LogP contribution in [-0.4, -0.2) is 55.0 Å². The number of carbonyl (C=O) groups is 1. The number of hydrogen-bond donors (Lipinski definition) is 1. The van der Waals surface area contributed by atoms with E-state index in [0.717, 1.165) is 57.8 Å². The molecule has 0 saturated carbocycles. The molecular formula is C22H35N3O. The van der Waals surface area contributed by atoms with E-state index in [1.54, 1.807) is 0 Å². The number of nitrogens with zero attached hydrogens (tertiary/aromatic N) is 2. The van der Waals surface area contributed by atoms with Gasteiger partial charge in [0, 0.05) is 19.6 Å². The van der Waals surface area contributed by atoms with Crippen LogP contribution in [0.1, 0.15) is 43.7 Å². The van der Waals surface area contributed by atoms with Crippen molar-refractivity contribution in [3.63, 3.8) is 0 Å². The van der Waals surface area contributed by atoms with E-state index in [9.17, 15) is 4.79 Å². The first-order valence-electron chi connectivity index (χ1n) is 10.2. The number of carbonyl (C=O) groups excluding carboxylic acids is 1. The smallest absolute Gasteiger partial charge is 0.236 e. The van der Waals surface area contributed by atoms with Crippen molar-refractivity contribution in [2.24, 2.45) is 17.1 Å². The fourth-order valence-electron chi connectivity index (χ4n) is 4.32. The lowest BCUT2D eigenvalue weighted by atomic mass is 9.90. The van der Waals surface area contributed by atoms with E-state index in [1.807, 2.05) is 0 Å². The zero-order valence-electron chi connectivity index (χ0n) is 16.5. The minimum absolute atomic E-state index is 0.198. The molecule has 1 amide bonds. The molecule has 0 bridgehead atoms. The van der Waals surface area contributed by atoms with Crippen molar-refractivity contribution in [2.75, 3.05) is 39.3 Å². The Bertz CT molecular complexity index is 592. The Hall–Kier alpha value is -1.39. The monoisotopic (exact) mass is 357 g/mol. The maximum Gasteiger partial charge on any atom is 0.236 e. The molecule has 1 aromatic rings. The molecule has 2 heterocycles. The molecule has 0 aliphatic carbocycles. The third-order valence-corrected chi connectivity index (χ3v) is 6.42. The number of piperidine rings is 1. The second-order valence-corrected chi connectivity index (χ2v) is 8.82. The molecule has 144 valence electrons. The number of amides is 1. The maximum atomic E-state index is 12.6. The SMILES string of the molecule is Cc1ccc(CCC2CCN(C(=O)CN3CCC(C)(CN)C3)CC2)cc1. The standard InChI is InChI=1S/C22H35N3O/c1-18-3-5-19(6-4-18)7-8-20-9-12-25(13-10-20)21(26)15-24-14-11-22(2,16-23)17-24/h3-6,20H,7-17,23H2,1-2H3. The molecule has 1 aromatic carbocycles. The van der Waals surface area contributed by atoms with E-state index in [0.29, 0.717) is 19.0 Å². The number of hydrogen-bond acceptors (Lipinski definition) is 3. The summed E-state index contributed by atoms with van der Waals surface area (Å²) in [7, 11) is 0. The Morgan fingerprint density at radius 1 is 1.19 bits per heavy atom. The molecule has 2 aliphatic heterocycles. The molecule has 3 rings (SSSR count). The molecule has 2 aliphatic rings. The first-order valence-corrected chi connectivity index (χ1v) is 10.2.